The number of fused-ring (bicyclic) bond motifs is 1. The van der Waals surface area contributed by atoms with Crippen LogP contribution in [-0.2, 0) is 13.1 Å². The van der Waals surface area contributed by atoms with Gasteiger partial charge in [-0.15, -0.1) is 0 Å². The lowest BCUT2D eigenvalue weighted by molar-refractivity contribution is 0.100. The Morgan fingerprint density at radius 1 is 1.24 bits per heavy atom. The molecule has 0 bridgehead atoms. The normalized spacial score (nSPS) is 12.9. The van der Waals surface area contributed by atoms with Crippen LogP contribution in [0.15, 0.2) is 36.4 Å². The van der Waals surface area contributed by atoms with Crippen LogP contribution in [0.3, 0.4) is 0 Å². The monoisotopic (exact) mass is 277 g/mol. The maximum absolute atomic E-state index is 11.7. The van der Waals surface area contributed by atoms with Crippen LogP contribution in [0.2, 0.25) is 0 Å². The Morgan fingerprint density at radius 3 is 2.76 bits per heavy atom. The van der Waals surface area contributed by atoms with Crippen LogP contribution in [0.5, 0.6) is 0 Å². The Hall–Kier alpha value is -2.80. The summed E-state index contributed by atoms with van der Waals surface area (Å²) in [5.41, 5.74) is 11.1. The van der Waals surface area contributed by atoms with Gasteiger partial charge in [0.1, 0.15) is 0 Å². The molecule has 0 fully saturated rings. The van der Waals surface area contributed by atoms with Gasteiger partial charge >= 0.3 is 0 Å². The summed E-state index contributed by atoms with van der Waals surface area (Å²) < 4.78 is 0. The second-order valence-corrected chi connectivity index (χ2v) is 5.31. The van der Waals surface area contributed by atoms with E-state index < -0.39 is 5.91 Å². The van der Waals surface area contributed by atoms with E-state index in [9.17, 15) is 4.79 Å². The predicted molar refractivity (Wildman–Crippen MR) is 80.0 cm³/mol. The first-order chi connectivity index (χ1) is 10.1. The Balaban J connectivity index is 2.18. The molecular weight excluding hydrogens is 262 g/mol. The van der Waals surface area contributed by atoms with Gasteiger partial charge < -0.3 is 10.6 Å². The molecule has 3 rings (SSSR count). The molecule has 0 saturated carbocycles. The second-order valence-electron chi connectivity index (χ2n) is 5.31. The lowest BCUT2D eigenvalue weighted by atomic mass is 9.92. The lowest BCUT2D eigenvalue weighted by Crippen LogP contribution is -2.13. The fraction of sp³-hybridized carbons (Fsp3) is 0.176. The number of nitrogens with zero attached hydrogens (tertiary/aromatic N) is 2. The van der Waals surface area contributed by atoms with E-state index in [4.69, 9.17) is 11.0 Å². The highest BCUT2D eigenvalue weighted by Crippen LogP contribution is 2.34. The summed E-state index contributed by atoms with van der Waals surface area (Å²) >= 11 is 0. The van der Waals surface area contributed by atoms with E-state index in [0.717, 1.165) is 27.8 Å². The van der Waals surface area contributed by atoms with Crippen molar-refractivity contribution >= 4 is 5.91 Å². The standard InChI is InChI=1S/C17H15N3O/c1-11-5-6-14(15(7-11)17(19)21)13-4-2-3-12-8-20(10-18)9-16(12)13/h2-7H,8-9H2,1H3,(H2,19,21). The number of benzene rings is 2. The van der Waals surface area contributed by atoms with Gasteiger partial charge in [0.15, 0.2) is 6.19 Å². The van der Waals surface area contributed by atoms with Crippen LogP contribution < -0.4 is 5.73 Å². The Kier molecular flexibility index (Phi) is 3.11. The number of amides is 1. The molecule has 0 spiro atoms. The van der Waals surface area contributed by atoms with Crippen molar-refractivity contribution in [3.63, 3.8) is 0 Å². The zero-order valence-corrected chi connectivity index (χ0v) is 11.8. The molecule has 0 radical (unpaired) electrons. The Bertz CT molecular complexity index is 774. The van der Waals surface area contributed by atoms with Crippen molar-refractivity contribution in [1.82, 2.24) is 4.90 Å². The summed E-state index contributed by atoms with van der Waals surface area (Å²) in [5.74, 6) is -0.429. The van der Waals surface area contributed by atoms with Crippen LogP contribution in [-0.4, -0.2) is 10.8 Å². The number of aryl methyl sites for hydroxylation is 1. The minimum Gasteiger partial charge on any atom is -0.366 e. The largest absolute Gasteiger partial charge is 0.366 e. The fourth-order valence-electron chi connectivity index (χ4n) is 2.84. The molecule has 0 aliphatic carbocycles. The molecule has 0 atom stereocenters. The van der Waals surface area contributed by atoms with E-state index in [1.807, 2.05) is 43.3 Å². The number of carbonyl (C=O) groups is 1. The molecule has 1 amide bonds. The van der Waals surface area contributed by atoms with E-state index in [1.54, 1.807) is 4.90 Å². The maximum atomic E-state index is 11.7. The van der Waals surface area contributed by atoms with Crippen molar-refractivity contribution in [2.24, 2.45) is 5.73 Å². The van der Waals surface area contributed by atoms with Crippen molar-refractivity contribution in [1.29, 1.82) is 5.26 Å². The highest BCUT2D eigenvalue weighted by Gasteiger charge is 2.22. The summed E-state index contributed by atoms with van der Waals surface area (Å²) in [5, 5.41) is 9.08. The van der Waals surface area contributed by atoms with Gasteiger partial charge in [-0.1, -0.05) is 35.9 Å². The Morgan fingerprint density at radius 2 is 2.05 bits per heavy atom. The quantitative estimate of drug-likeness (QED) is 0.858. The summed E-state index contributed by atoms with van der Waals surface area (Å²) in [4.78, 5) is 13.4. The number of hydrogen-bond donors (Lipinski definition) is 1. The average molecular weight is 277 g/mol. The van der Waals surface area contributed by atoms with Crippen LogP contribution >= 0.6 is 0 Å². The zero-order chi connectivity index (χ0) is 15.0. The highest BCUT2D eigenvalue weighted by atomic mass is 16.1. The topological polar surface area (TPSA) is 70.1 Å². The molecule has 0 unspecified atom stereocenters. The van der Waals surface area contributed by atoms with Crippen LogP contribution in [0.25, 0.3) is 11.1 Å². The molecule has 104 valence electrons. The van der Waals surface area contributed by atoms with E-state index in [0.29, 0.717) is 18.7 Å². The van der Waals surface area contributed by atoms with E-state index in [1.165, 1.54) is 0 Å². The molecule has 21 heavy (non-hydrogen) atoms. The lowest BCUT2D eigenvalue weighted by Gasteiger charge is -2.12. The van der Waals surface area contributed by atoms with Crippen LogP contribution in [0.1, 0.15) is 27.0 Å². The number of primary amides is 1. The first kappa shape index (κ1) is 13.2. The third kappa shape index (κ3) is 2.23. The third-order valence-corrected chi connectivity index (χ3v) is 3.86. The molecule has 1 aliphatic rings. The first-order valence-corrected chi connectivity index (χ1v) is 6.76. The van der Waals surface area contributed by atoms with E-state index >= 15 is 0 Å². The van der Waals surface area contributed by atoms with Gasteiger partial charge in [-0.05, 0) is 35.2 Å². The highest BCUT2D eigenvalue weighted by molar-refractivity contribution is 6.00. The molecule has 4 nitrogen and oxygen atoms in total. The minimum absolute atomic E-state index is 0.429. The van der Waals surface area contributed by atoms with Gasteiger partial charge in [0.2, 0.25) is 5.91 Å². The molecule has 2 aromatic rings. The molecule has 1 aliphatic heterocycles. The summed E-state index contributed by atoms with van der Waals surface area (Å²) in [6.45, 7) is 3.13. The number of rotatable bonds is 2. The van der Waals surface area contributed by atoms with Gasteiger partial charge in [-0.3, -0.25) is 4.79 Å². The maximum Gasteiger partial charge on any atom is 0.249 e. The summed E-state index contributed by atoms with van der Waals surface area (Å²) in [6, 6.07) is 11.7. The van der Waals surface area contributed by atoms with Gasteiger partial charge in [0, 0.05) is 5.56 Å². The van der Waals surface area contributed by atoms with Crippen LogP contribution in [0, 0.1) is 18.4 Å². The number of hydrogen-bond acceptors (Lipinski definition) is 3. The van der Waals surface area contributed by atoms with Crippen molar-refractivity contribution in [2.75, 3.05) is 0 Å². The molecule has 4 heteroatoms. The van der Waals surface area contributed by atoms with Gasteiger partial charge in [-0.2, -0.15) is 5.26 Å². The smallest absolute Gasteiger partial charge is 0.249 e. The van der Waals surface area contributed by atoms with Crippen molar-refractivity contribution in [2.45, 2.75) is 20.0 Å². The minimum atomic E-state index is -0.429. The SMILES string of the molecule is Cc1ccc(-c2cccc3c2CN(C#N)C3)c(C(N)=O)c1. The van der Waals surface area contributed by atoms with Crippen molar-refractivity contribution in [3.8, 4) is 17.3 Å². The average Bonchev–Trinajstić information content (AvgIpc) is 2.90. The molecule has 2 N–H and O–H groups in total. The number of nitriles is 1. The molecule has 0 saturated heterocycles. The second kappa shape index (κ2) is 4.95. The fourth-order valence-corrected chi connectivity index (χ4v) is 2.84. The summed E-state index contributed by atoms with van der Waals surface area (Å²) in [6.07, 6.45) is 2.18. The third-order valence-electron chi connectivity index (χ3n) is 3.86. The van der Waals surface area contributed by atoms with E-state index in [2.05, 4.69) is 6.19 Å². The van der Waals surface area contributed by atoms with Crippen LogP contribution in [0.4, 0.5) is 0 Å². The molecule has 0 aromatic heterocycles. The summed E-state index contributed by atoms with van der Waals surface area (Å²) in [7, 11) is 0. The van der Waals surface area contributed by atoms with E-state index in [-0.39, 0.29) is 0 Å². The predicted octanol–water partition coefficient (Wildman–Crippen LogP) is 2.56. The zero-order valence-electron chi connectivity index (χ0n) is 11.8. The van der Waals surface area contributed by atoms with Crippen molar-refractivity contribution in [3.05, 3.63) is 58.7 Å². The number of carbonyl (C=O) groups excluding carboxylic acids is 1. The first-order valence-electron chi connectivity index (χ1n) is 6.76. The Labute approximate surface area is 123 Å². The molecular formula is C17H15N3O. The molecule has 1 heterocycles. The van der Waals surface area contributed by atoms with Gasteiger partial charge in [0.05, 0.1) is 13.1 Å². The molecule has 2 aromatic carbocycles. The van der Waals surface area contributed by atoms with Gasteiger partial charge in [0.25, 0.3) is 0 Å². The van der Waals surface area contributed by atoms with Gasteiger partial charge in [-0.25, -0.2) is 0 Å². The number of nitrogens with two attached hydrogens (primary N) is 1. The van der Waals surface area contributed by atoms with Crippen molar-refractivity contribution < 1.29 is 4.79 Å².